The monoisotopic (exact) mass is 689 g/mol. The maximum Gasteiger partial charge on any atom is 2.00 e. The van der Waals surface area contributed by atoms with Crippen molar-refractivity contribution in [2.24, 2.45) is 17.3 Å². The van der Waals surface area contributed by atoms with E-state index < -0.39 is 31.6 Å². The van der Waals surface area contributed by atoms with E-state index in [2.05, 4.69) is 29.8 Å². The van der Waals surface area contributed by atoms with Crippen LogP contribution in [-0.2, 0) is 49.8 Å². The van der Waals surface area contributed by atoms with Gasteiger partial charge in [-0.1, -0.05) is 45.0 Å². The Morgan fingerprint density at radius 3 is 2.34 bits per heavy atom. The summed E-state index contributed by atoms with van der Waals surface area (Å²) in [6, 6.07) is 12.1. The molecule has 0 N–H and O–H groups in total. The topological polar surface area (TPSA) is 181 Å². The van der Waals surface area contributed by atoms with Gasteiger partial charge in [-0.05, 0) is 37.1 Å². The molecule has 1 radical (unpaired) electrons. The number of methoxy groups -OCH3 is 1. The first-order valence-electron chi connectivity index (χ1n) is 12.7. The van der Waals surface area contributed by atoms with Gasteiger partial charge in [0.25, 0.3) is 0 Å². The van der Waals surface area contributed by atoms with Crippen molar-refractivity contribution in [3.8, 4) is 5.75 Å². The van der Waals surface area contributed by atoms with Gasteiger partial charge in [-0.15, -0.1) is 10.2 Å². The summed E-state index contributed by atoms with van der Waals surface area (Å²) in [5.74, 6) is -0.917. The summed E-state index contributed by atoms with van der Waals surface area (Å²) in [7, 11) is -3.01. The maximum atomic E-state index is 13.4. The Labute approximate surface area is 266 Å². The molecule has 0 saturated heterocycles. The van der Waals surface area contributed by atoms with Gasteiger partial charge in [-0.2, -0.15) is 0 Å². The summed E-state index contributed by atoms with van der Waals surface area (Å²) in [5, 5.41) is 13.4. The van der Waals surface area contributed by atoms with E-state index in [0.717, 1.165) is 4.31 Å². The number of ether oxygens (including phenoxy) is 1. The van der Waals surface area contributed by atoms with Crippen LogP contribution >= 0.6 is 0 Å². The first kappa shape index (κ1) is 34.6. The number of fused-ring (bicyclic) bond motifs is 1. The number of benzene rings is 2. The zero-order valence-electron chi connectivity index (χ0n) is 24.8. The number of sulfonamides is 1. The number of amides is 1. The van der Waals surface area contributed by atoms with Crippen LogP contribution in [0.2, 0.25) is 0 Å². The van der Waals surface area contributed by atoms with Crippen LogP contribution in [0, 0.1) is 0 Å². The van der Waals surface area contributed by atoms with Gasteiger partial charge in [-0.25, -0.2) is 21.1 Å². The number of azo groups is 1. The Bertz CT molecular complexity index is 1950. The second kappa shape index (κ2) is 13.0. The summed E-state index contributed by atoms with van der Waals surface area (Å²) >= 11 is 0. The van der Waals surface area contributed by atoms with Crippen LogP contribution in [0.25, 0.3) is 20.3 Å². The van der Waals surface area contributed by atoms with Gasteiger partial charge in [0, 0.05) is 36.7 Å². The molecule has 44 heavy (non-hydrogen) atoms. The van der Waals surface area contributed by atoms with Crippen molar-refractivity contribution in [3.63, 3.8) is 0 Å². The fourth-order valence-corrected chi connectivity index (χ4v) is 5.58. The number of hydrogen-bond acceptors (Lipinski definition) is 10. The van der Waals surface area contributed by atoms with Crippen molar-refractivity contribution in [3.05, 3.63) is 75.4 Å². The summed E-state index contributed by atoms with van der Waals surface area (Å²) in [4.78, 5) is 17.2. The van der Waals surface area contributed by atoms with Crippen molar-refractivity contribution in [1.82, 2.24) is 19.1 Å². The predicted octanol–water partition coefficient (Wildman–Crippen LogP) is 5.40. The molecule has 14 nitrogen and oxygen atoms in total. The number of aromatic nitrogens is 3. The number of pyridine rings is 1. The molecule has 0 aliphatic carbocycles. The van der Waals surface area contributed by atoms with Gasteiger partial charge in [0.1, 0.15) is 21.5 Å². The van der Waals surface area contributed by atoms with Crippen molar-refractivity contribution < 1.29 is 43.4 Å². The number of carbonyl (C=O) groups excluding carboxylic acids is 1. The van der Waals surface area contributed by atoms with Crippen LogP contribution in [0.5, 0.6) is 5.75 Å². The number of hydrogen-bond donors (Lipinski definition) is 0. The molecule has 0 fully saturated rings. The molecular weight excluding hydrogens is 660 g/mol. The molecule has 4 rings (SSSR count). The molecule has 2 aromatic carbocycles. The second-order valence-corrected chi connectivity index (χ2v) is 13.9. The molecule has 4 aromatic rings. The Morgan fingerprint density at radius 2 is 1.70 bits per heavy atom. The molecule has 0 spiro atoms. The van der Waals surface area contributed by atoms with Crippen molar-refractivity contribution in [2.45, 2.75) is 31.1 Å². The molecule has 17 heteroatoms. The van der Waals surface area contributed by atoms with Gasteiger partial charge in [0.15, 0.2) is 0 Å². The third-order valence-electron chi connectivity index (χ3n) is 6.12. The number of aryl methyl sites for hydroxylation is 1. The van der Waals surface area contributed by atoms with Gasteiger partial charge >= 0.3 is 17.1 Å². The van der Waals surface area contributed by atoms with Gasteiger partial charge < -0.3 is 23.7 Å². The molecular formula is C27H30CuN8O6S2. The smallest absolute Gasteiger partial charge is 0.537 e. The first-order valence-corrected chi connectivity index (χ1v) is 15.6. The van der Waals surface area contributed by atoms with Crippen LogP contribution in [-0.4, -0.2) is 63.0 Å². The molecule has 0 unspecified atom stereocenters. The third-order valence-corrected chi connectivity index (χ3v) is 8.72. The van der Waals surface area contributed by atoms with Crippen molar-refractivity contribution in [2.75, 3.05) is 21.2 Å². The third kappa shape index (κ3) is 7.25. The molecule has 2 aromatic heterocycles. The Balaban J connectivity index is 0.00000529. The fraction of sp³-hybridized carbons (Fsp3) is 0.296. The minimum absolute atomic E-state index is 0. The second-order valence-electron chi connectivity index (χ2n) is 10.5. The SMILES string of the molecule is COc1cc(S(=O)(=O)[N-]C(=O)c2ccccc2N=Nc2c(C(C)(C)C)nn(C)c2[N-]S(=O)(=O)N(C)C)c2ncccc2c1.[Cu+2]. The molecule has 0 aliphatic heterocycles. The van der Waals surface area contributed by atoms with E-state index in [-0.39, 0.29) is 56.0 Å². The van der Waals surface area contributed by atoms with E-state index in [9.17, 15) is 21.6 Å². The van der Waals surface area contributed by atoms with E-state index in [1.807, 2.05) is 20.8 Å². The first-order chi connectivity index (χ1) is 20.0. The molecule has 2 heterocycles. The Hall–Kier alpha value is -3.89. The van der Waals surface area contributed by atoms with Crippen LogP contribution < -0.4 is 4.74 Å². The van der Waals surface area contributed by atoms with E-state index in [0.29, 0.717) is 11.1 Å². The van der Waals surface area contributed by atoms with E-state index in [1.54, 1.807) is 24.3 Å². The normalized spacial score (nSPS) is 12.4. The van der Waals surface area contributed by atoms with Gasteiger partial charge in [-0.3, -0.25) is 10.1 Å². The Kier molecular flexibility index (Phi) is 10.2. The zero-order chi connectivity index (χ0) is 31.7. The molecule has 1 amide bonds. The molecule has 0 aliphatic rings. The summed E-state index contributed by atoms with van der Waals surface area (Å²) in [6.07, 6.45) is 1.43. The number of nitrogens with zero attached hydrogens (tertiary/aromatic N) is 8. The largest absolute Gasteiger partial charge is 2.00 e. The maximum absolute atomic E-state index is 13.4. The quantitative estimate of drug-likeness (QED) is 0.165. The molecule has 0 atom stereocenters. The van der Waals surface area contributed by atoms with Crippen molar-refractivity contribution in [1.29, 1.82) is 0 Å². The van der Waals surface area contributed by atoms with Crippen LogP contribution in [0.15, 0.2) is 69.9 Å². The summed E-state index contributed by atoms with van der Waals surface area (Å²) < 4.78 is 66.7. The van der Waals surface area contributed by atoms with Crippen LogP contribution in [0.1, 0.15) is 36.8 Å². The minimum Gasteiger partial charge on any atom is -0.537 e. The van der Waals surface area contributed by atoms with Gasteiger partial charge in [0.05, 0.1) is 34.8 Å². The molecule has 237 valence electrons. The number of carbonyl (C=O) groups is 1. The molecule has 0 saturated carbocycles. The average molecular weight is 690 g/mol. The predicted molar refractivity (Wildman–Crippen MR) is 161 cm³/mol. The standard InChI is InChI=1S/C27H31N8O6S2.Cu/c1-27(2,3)24-23(25(35(6)31-24)32-43(39,40)34(4)5)30-29-20-13-9-8-12-19(20)26(36)33-42(37,38)21-16-18(41-7)15-17-11-10-14-28-22(17)21;/h8-16H,1-7H3,(H-,29,31,32,33,36);/q-1;+2/p-1. The minimum atomic E-state index is -4.55. The van der Waals surface area contributed by atoms with E-state index in [1.165, 1.54) is 63.4 Å². The Morgan fingerprint density at radius 1 is 1.02 bits per heavy atom. The number of rotatable bonds is 9. The molecule has 0 bridgehead atoms. The van der Waals surface area contributed by atoms with Gasteiger partial charge in [0.2, 0.25) is 10.2 Å². The van der Waals surface area contributed by atoms with E-state index in [4.69, 9.17) is 4.74 Å². The average Bonchev–Trinajstić information content (AvgIpc) is 3.25. The van der Waals surface area contributed by atoms with Crippen molar-refractivity contribution >= 4 is 54.2 Å². The van der Waals surface area contributed by atoms with E-state index >= 15 is 0 Å². The van der Waals surface area contributed by atoms with Crippen LogP contribution in [0.4, 0.5) is 17.2 Å². The fourth-order valence-electron chi connectivity index (χ4n) is 3.89. The summed E-state index contributed by atoms with van der Waals surface area (Å²) in [5.41, 5.74) is -0.154. The van der Waals surface area contributed by atoms with Crippen LogP contribution in [0.3, 0.4) is 0 Å². The zero-order valence-corrected chi connectivity index (χ0v) is 27.4. The summed E-state index contributed by atoms with van der Waals surface area (Å²) in [6.45, 7) is 5.57.